The Kier molecular flexibility index (Phi) is 6.52. The molecule has 162 valence electrons. The highest BCUT2D eigenvalue weighted by Gasteiger charge is 2.14. The molecule has 10 heteroatoms. The van der Waals surface area contributed by atoms with Crippen LogP contribution in [0.4, 0.5) is 0 Å². The van der Waals surface area contributed by atoms with E-state index in [1.807, 2.05) is 4.57 Å². The van der Waals surface area contributed by atoms with E-state index in [2.05, 4.69) is 0 Å². The number of nitrogens with zero attached hydrogens (tertiary/aromatic N) is 2. The second-order valence-corrected chi connectivity index (χ2v) is 8.60. The van der Waals surface area contributed by atoms with Crippen LogP contribution in [0.1, 0.15) is 32.7 Å². The highest BCUT2D eigenvalue weighted by molar-refractivity contribution is 7.85. The molecule has 1 heterocycles. The van der Waals surface area contributed by atoms with E-state index in [4.69, 9.17) is 9.66 Å². The van der Waals surface area contributed by atoms with Crippen LogP contribution in [0.3, 0.4) is 0 Å². The Morgan fingerprint density at radius 1 is 0.968 bits per heavy atom. The average Bonchev–Trinajstić information content (AvgIpc) is 3.14. The maximum atomic E-state index is 11.4. The van der Waals surface area contributed by atoms with Gasteiger partial charge < -0.3 is 10.2 Å². The van der Waals surface area contributed by atoms with E-state index in [0.29, 0.717) is 13.1 Å². The molecule has 0 aliphatic carbocycles. The number of aryl methyl sites for hydroxylation is 1. The largest absolute Gasteiger partial charge is 0.478 e. The van der Waals surface area contributed by atoms with Gasteiger partial charge in [0.2, 0.25) is 6.33 Å². The normalized spacial score (nSPS) is 11.4. The monoisotopic (exact) mass is 445 g/mol. The molecule has 0 amide bonds. The van der Waals surface area contributed by atoms with Gasteiger partial charge in [0.25, 0.3) is 10.1 Å². The molecule has 3 N–H and O–H groups in total. The molecule has 0 aliphatic heterocycles. The number of carboxylic acids is 2. The van der Waals surface area contributed by atoms with Crippen LogP contribution in [0.5, 0.6) is 0 Å². The van der Waals surface area contributed by atoms with Crippen molar-refractivity contribution < 1.29 is 37.3 Å². The topological polar surface area (TPSA) is 138 Å². The zero-order valence-corrected chi connectivity index (χ0v) is 17.2. The highest BCUT2D eigenvalue weighted by Crippen LogP contribution is 2.25. The van der Waals surface area contributed by atoms with Gasteiger partial charge in [0.15, 0.2) is 0 Å². The molecule has 0 saturated heterocycles. The van der Waals surface area contributed by atoms with E-state index in [1.54, 1.807) is 47.6 Å². The molecule has 0 bridgehead atoms. The molecule has 0 atom stereocenters. The lowest BCUT2D eigenvalue weighted by Gasteiger charge is -2.10. The Morgan fingerprint density at radius 3 is 2.23 bits per heavy atom. The summed E-state index contributed by atoms with van der Waals surface area (Å²) in [7, 11) is -4.01. The fourth-order valence-electron chi connectivity index (χ4n) is 3.22. The second kappa shape index (κ2) is 9.11. The lowest BCUT2D eigenvalue weighted by Crippen LogP contribution is -2.32. The van der Waals surface area contributed by atoms with Crippen molar-refractivity contribution in [2.24, 2.45) is 0 Å². The van der Waals surface area contributed by atoms with E-state index in [-0.39, 0.29) is 23.3 Å². The third-order valence-corrected chi connectivity index (χ3v) is 5.52. The molecule has 31 heavy (non-hydrogen) atoms. The summed E-state index contributed by atoms with van der Waals surface area (Å²) in [6.45, 7) is 0.744. The maximum Gasteiger partial charge on any atom is 0.335 e. The van der Waals surface area contributed by atoms with Crippen molar-refractivity contribution in [1.82, 2.24) is 4.57 Å². The summed E-state index contributed by atoms with van der Waals surface area (Å²) >= 11 is 0. The zero-order valence-electron chi connectivity index (χ0n) is 16.4. The van der Waals surface area contributed by atoms with Gasteiger partial charge in [0.1, 0.15) is 18.9 Å². The average molecular weight is 445 g/mol. The van der Waals surface area contributed by atoms with Gasteiger partial charge in [-0.3, -0.25) is 4.55 Å². The summed E-state index contributed by atoms with van der Waals surface area (Å²) in [6.07, 6.45) is 5.54. The van der Waals surface area contributed by atoms with Crippen molar-refractivity contribution in [1.29, 1.82) is 0 Å². The lowest BCUT2D eigenvalue weighted by molar-refractivity contribution is -0.687. The molecule has 0 saturated carbocycles. The Labute approximate surface area is 178 Å². The van der Waals surface area contributed by atoms with Crippen LogP contribution in [0.25, 0.3) is 11.1 Å². The standard InChI is InChI=1S/C21H20N2O7S/c24-20(25)16-4-2-15(3-5-16)19-7-6-17(21(26)27)12-18(19)13-23-10-9-22(14-23)8-1-11-31(28,29)30/h2-7,9-10,12,14H,1,8,11,13H2,(H2-,24,25,26,27,28,29,30)/p+1. The van der Waals surface area contributed by atoms with E-state index < -0.39 is 22.1 Å². The number of imidazole rings is 1. The van der Waals surface area contributed by atoms with Crippen LogP contribution in [0.2, 0.25) is 0 Å². The van der Waals surface area contributed by atoms with Gasteiger partial charge in [-0.05, 0) is 35.4 Å². The third-order valence-electron chi connectivity index (χ3n) is 4.71. The molecule has 0 unspecified atom stereocenters. The van der Waals surface area contributed by atoms with Gasteiger partial charge in [0.05, 0.1) is 23.4 Å². The molecule has 0 spiro atoms. The lowest BCUT2D eigenvalue weighted by atomic mass is 9.96. The Morgan fingerprint density at radius 2 is 1.61 bits per heavy atom. The quantitative estimate of drug-likeness (QED) is 0.339. The minimum atomic E-state index is -4.01. The number of carboxylic acid groups (broad SMARTS) is 2. The fourth-order valence-corrected chi connectivity index (χ4v) is 3.72. The first-order chi connectivity index (χ1) is 14.6. The second-order valence-electron chi connectivity index (χ2n) is 7.02. The summed E-state index contributed by atoms with van der Waals surface area (Å²) in [5.74, 6) is -2.41. The van der Waals surface area contributed by atoms with Crippen LogP contribution < -0.4 is 4.57 Å². The minimum absolute atomic E-state index is 0.133. The predicted molar refractivity (Wildman–Crippen MR) is 111 cm³/mol. The number of aromatic nitrogens is 2. The maximum absolute atomic E-state index is 11.4. The van der Waals surface area contributed by atoms with Crippen LogP contribution in [-0.2, 0) is 23.2 Å². The van der Waals surface area contributed by atoms with Crippen molar-refractivity contribution in [3.05, 3.63) is 77.9 Å². The fraction of sp³-hybridized carbons (Fsp3) is 0.190. The number of benzene rings is 2. The number of hydrogen-bond acceptors (Lipinski definition) is 4. The van der Waals surface area contributed by atoms with Crippen LogP contribution >= 0.6 is 0 Å². The van der Waals surface area contributed by atoms with Gasteiger partial charge in [-0.25, -0.2) is 18.7 Å². The van der Waals surface area contributed by atoms with Crippen molar-refractivity contribution >= 4 is 22.1 Å². The summed E-state index contributed by atoms with van der Waals surface area (Å²) < 4.78 is 34.1. The Bertz CT molecular complexity index is 1210. The molecule has 1 aromatic heterocycles. The van der Waals surface area contributed by atoms with Gasteiger partial charge in [-0.2, -0.15) is 8.42 Å². The Balaban J connectivity index is 1.86. The van der Waals surface area contributed by atoms with Crippen LogP contribution in [0.15, 0.2) is 61.2 Å². The van der Waals surface area contributed by atoms with Crippen LogP contribution in [-0.4, -0.2) is 45.4 Å². The minimum Gasteiger partial charge on any atom is -0.478 e. The first-order valence-corrected chi connectivity index (χ1v) is 10.9. The predicted octanol–water partition coefficient (Wildman–Crippen LogP) is 2.17. The van der Waals surface area contributed by atoms with Gasteiger partial charge in [-0.15, -0.1) is 0 Å². The summed E-state index contributed by atoms with van der Waals surface area (Å²) in [6, 6.07) is 11.1. The van der Waals surface area contributed by atoms with Crippen LogP contribution in [0, 0.1) is 0 Å². The number of aromatic carboxylic acids is 2. The molecular formula is C21H21N2O7S+. The first kappa shape index (κ1) is 22.2. The van der Waals surface area contributed by atoms with Gasteiger partial charge in [-0.1, -0.05) is 18.2 Å². The van der Waals surface area contributed by atoms with Crippen molar-refractivity contribution in [3.63, 3.8) is 0 Å². The van der Waals surface area contributed by atoms with Gasteiger partial charge >= 0.3 is 11.9 Å². The van der Waals surface area contributed by atoms with E-state index >= 15 is 0 Å². The molecule has 0 fully saturated rings. The molecule has 0 radical (unpaired) electrons. The Hall–Kier alpha value is -3.50. The molecular weight excluding hydrogens is 424 g/mol. The number of carbonyl (C=O) groups is 2. The summed E-state index contributed by atoms with van der Waals surface area (Å²) in [4.78, 5) is 22.5. The number of rotatable bonds is 9. The molecule has 0 aliphatic rings. The van der Waals surface area contributed by atoms with Crippen molar-refractivity contribution in [2.75, 3.05) is 5.75 Å². The smallest absolute Gasteiger partial charge is 0.335 e. The third kappa shape index (κ3) is 6.00. The zero-order chi connectivity index (χ0) is 22.6. The SMILES string of the molecule is O=C(O)c1ccc(-c2ccc(C(=O)O)cc2C[n+]2ccn(CCCS(=O)(=O)O)c2)cc1. The van der Waals surface area contributed by atoms with E-state index in [9.17, 15) is 23.1 Å². The number of hydrogen-bond donors (Lipinski definition) is 3. The summed E-state index contributed by atoms with van der Waals surface area (Å²) in [5.41, 5.74) is 2.54. The highest BCUT2D eigenvalue weighted by atomic mass is 32.2. The van der Waals surface area contributed by atoms with Crippen molar-refractivity contribution in [3.8, 4) is 11.1 Å². The molecule has 3 aromatic rings. The molecule has 3 rings (SSSR count). The van der Waals surface area contributed by atoms with E-state index in [0.717, 1.165) is 16.7 Å². The van der Waals surface area contributed by atoms with Crippen molar-refractivity contribution in [2.45, 2.75) is 19.5 Å². The van der Waals surface area contributed by atoms with Gasteiger partial charge in [0, 0.05) is 12.0 Å². The molecule has 9 nitrogen and oxygen atoms in total. The van der Waals surface area contributed by atoms with E-state index in [1.165, 1.54) is 18.2 Å². The summed E-state index contributed by atoms with van der Waals surface area (Å²) in [5, 5.41) is 18.4. The molecule has 2 aromatic carbocycles. The first-order valence-electron chi connectivity index (χ1n) is 9.32.